The van der Waals surface area contributed by atoms with Crippen molar-refractivity contribution in [3.63, 3.8) is 0 Å². The summed E-state index contributed by atoms with van der Waals surface area (Å²) in [6.07, 6.45) is 2.13. The summed E-state index contributed by atoms with van der Waals surface area (Å²) in [7, 11) is -0.677. The van der Waals surface area contributed by atoms with Gasteiger partial charge < -0.3 is 5.32 Å². The van der Waals surface area contributed by atoms with Gasteiger partial charge in [-0.25, -0.2) is 17.7 Å². The molecule has 8 nitrogen and oxygen atoms in total. The van der Waals surface area contributed by atoms with E-state index in [-0.39, 0.29) is 22.8 Å². The number of fused-ring (bicyclic) bond motifs is 1. The molecular weight excluding hydrogens is 404 g/mol. The van der Waals surface area contributed by atoms with Gasteiger partial charge in [0.15, 0.2) is 0 Å². The van der Waals surface area contributed by atoms with Gasteiger partial charge in [0.05, 0.1) is 22.1 Å². The van der Waals surface area contributed by atoms with E-state index in [1.165, 1.54) is 37.1 Å². The molecule has 1 heterocycles. The Labute approximate surface area is 175 Å². The third-order valence-corrected chi connectivity index (χ3v) is 6.57. The number of aromatic nitrogens is 2. The molecule has 0 saturated heterocycles. The number of rotatable bonds is 7. The van der Waals surface area contributed by atoms with Crippen LogP contribution in [-0.4, -0.2) is 42.3 Å². The van der Waals surface area contributed by atoms with Gasteiger partial charge >= 0.3 is 0 Å². The van der Waals surface area contributed by atoms with E-state index in [1.807, 2.05) is 19.1 Å². The third-order valence-electron chi connectivity index (χ3n) is 4.75. The topological polar surface area (TPSA) is 101 Å². The van der Waals surface area contributed by atoms with Crippen LogP contribution in [0, 0.1) is 6.92 Å². The summed E-state index contributed by atoms with van der Waals surface area (Å²) in [6, 6.07) is 11.6. The number of sulfonamides is 1. The van der Waals surface area contributed by atoms with Crippen LogP contribution in [0.2, 0.25) is 0 Å². The third kappa shape index (κ3) is 4.58. The number of para-hydroxylation sites is 1. The molecule has 0 atom stereocenters. The summed E-state index contributed by atoms with van der Waals surface area (Å²) in [6.45, 7) is 2.26. The number of hydrogen-bond donors (Lipinski definition) is 1. The van der Waals surface area contributed by atoms with E-state index in [4.69, 9.17) is 0 Å². The van der Waals surface area contributed by atoms with E-state index in [9.17, 15) is 18.0 Å². The molecule has 30 heavy (non-hydrogen) atoms. The molecule has 0 aliphatic heterocycles. The lowest BCUT2D eigenvalue weighted by molar-refractivity contribution is -0.116. The van der Waals surface area contributed by atoms with Crippen molar-refractivity contribution >= 4 is 32.5 Å². The van der Waals surface area contributed by atoms with Crippen molar-refractivity contribution in [3.8, 4) is 0 Å². The maximum atomic E-state index is 12.6. The molecule has 1 aromatic heterocycles. The zero-order valence-corrected chi connectivity index (χ0v) is 17.9. The lowest BCUT2D eigenvalue weighted by Gasteiger charge is -2.13. The van der Waals surface area contributed by atoms with Crippen molar-refractivity contribution in [2.75, 3.05) is 19.4 Å². The fourth-order valence-electron chi connectivity index (χ4n) is 3.08. The van der Waals surface area contributed by atoms with Crippen molar-refractivity contribution < 1.29 is 13.2 Å². The number of anilines is 1. The van der Waals surface area contributed by atoms with Crippen LogP contribution in [-0.2, 0) is 21.4 Å². The summed E-state index contributed by atoms with van der Waals surface area (Å²) in [5.41, 5.74) is 1.90. The van der Waals surface area contributed by atoms with Gasteiger partial charge in [0.1, 0.15) is 0 Å². The van der Waals surface area contributed by atoms with E-state index in [1.54, 1.807) is 18.2 Å². The van der Waals surface area contributed by atoms with Crippen molar-refractivity contribution in [2.24, 2.45) is 0 Å². The highest BCUT2D eigenvalue weighted by atomic mass is 32.2. The van der Waals surface area contributed by atoms with E-state index in [0.717, 1.165) is 9.87 Å². The Morgan fingerprint density at radius 3 is 2.63 bits per heavy atom. The zero-order chi connectivity index (χ0) is 21.9. The SMILES string of the molecule is Cc1cccc2c(=O)n(CCCC(=O)Nc3cccc(S(=O)(=O)N(C)C)c3)cnc12. The van der Waals surface area contributed by atoms with Gasteiger partial charge in [-0.2, -0.15) is 0 Å². The minimum atomic E-state index is -3.58. The summed E-state index contributed by atoms with van der Waals surface area (Å²) in [5.74, 6) is -0.257. The molecule has 3 rings (SSSR count). The summed E-state index contributed by atoms with van der Waals surface area (Å²) < 4.78 is 27.1. The van der Waals surface area contributed by atoms with E-state index < -0.39 is 10.0 Å². The maximum absolute atomic E-state index is 12.6. The van der Waals surface area contributed by atoms with Gasteiger partial charge in [-0.05, 0) is 43.2 Å². The lowest BCUT2D eigenvalue weighted by atomic mass is 10.1. The first-order valence-corrected chi connectivity index (χ1v) is 10.9. The highest BCUT2D eigenvalue weighted by Crippen LogP contribution is 2.18. The van der Waals surface area contributed by atoms with Crippen molar-refractivity contribution in [1.82, 2.24) is 13.9 Å². The summed E-state index contributed by atoms with van der Waals surface area (Å²) >= 11 is 0. The fourth-order valence-corrected chi connectivity index (χ4v) is 4.02. The molecule has 1 amide bonds. The van der Waals surface area contributed by atoms with Gasteiger partial charge in [-0.15, -0.1) is 0 Å². The Balaban J connectivity index is 1.63. The van der Waals surface area contributed by atoms with Crippen LogP contribution in [0.15, 0.2) is 58.5 Å². The molecular formula is C21H24N4O4S. The molecule has 0 bridgehead atoms. The molecule has 0 unspecified atom stereocenters. The number of hydrogen-bond acceptors (Lipinski definition) is 5. The quantitative estimate of drug-likeness (QED) is 0.623. The first kappa shape index (κ1) is 21.7. The number of amides is 1. The van der Waals surface area contributed by atoms with E-state index in [0.29, 0.717) is 29.6 Å². The average molecular weight is 429 g/mol. The molecule has 3 aromatic rings. The predicted octanol–water partition coefficient (Wildman–Crippen LogP) is 2.37. The highest BCUT2D eigenvalue weighted by Gasteiger charge is 2.17. The Kier molecular flexibility index (Phi) is 6.33. The number of benzene rings is 2. The molecule has 0 aliphatic rings. The molecule has 2 aromatic carbocycles. The van der Waals surface area contributed by atoms with Crippen LogP contribution in [0.3, 0.4) is 0 Å². The van der Waals surface area contributed by atoms with Gasteiger partial charge in [0, 0.05) is 32.7 Å². The zero-order valence-electron chi connectivity index (χ0n) is 17.1. The Hall–Kier alpha value is -3.04. The molecule has 0 aliphatic carbocycles. The molecule has 9 heteroatoms. The molecule has 158 valence electrons. The second-order valence-corrected chi connectivity index (χ2v) is 9.33. The van der Waals surface area contributed by atoms with Gasteiger partial charge in [-0.1, -0.05) is 18.2 Å². The first-order chi connectivity index (χ1) is 14.2. The highest BCUT2D eigenvalue weighted by molar-refractivity contribution is 7.89. The number of aryl methyl sites for hydroxylation is 2. The second-order valence-electron chi connectivity index (χ2n) is 7.18. The molecule has 1 N–H and O–H groups in total. The van der Waals surface area contributed by atoms with Crippen LogP contribution in [0.25, 0.3) is 10.9 Å². The van der Waals surface area contributed by atoms with E-state index >= 15 is 0 Å². The van der Waals surface area contributed by atoms with Gasteiger partial charge in [0.25, 0.3) is 5.56 Å². The monoisotopic (exact) mass is 428 g/mol. The number of nitrogens with zero attached hydrogens (tertiary/aromatic N) is 3. The maximum Gasteiger partial charge on any atom is 0.261 e. The van der Waals surface area contributed by atoms with Gasteiger partial charge in [-0.3, -0.25) is 14.2 Å². The standard InChI is InChI=1S/C21H24N4O4S/c1-15-7-4-10-18-20(15)22-14-25(21(18)27)12-6-11-19(26)23-16-8-5-9-17(13-16)30(28,29)24(2)3/h4-5,7-10,13-14H,6,11-12H2,1-3H3,(H,23,26). The number of carbonyl (C=O) groups is 1. The largest absolute Gasteiger partial charge is 0.326 e. The average Bonchev–Trinajstić information content (AvgIpc) is 2.70. The van der Waals surface area contributed by atoms with Crippen LogP contribution >= 0.6 is 0 Å². The van der Waals surface area contributed by atoms with Crippen LogP contribution in [0.4, 0.5) is 5.69 Å². The summed E-state index contributed by atoms with van der Waals surface area (Å²) in [5, 5.41) is 3.26. The summed E-state index contributed by atoms with van der Waals surface area (Å²) in [4.78, 5) is 29.3. The predicted molar refractivity (Wildman–Crippen MR) is 116 cm³/mol. The molecule has 0 saturated carbocycles. The Morgan fingerprint density at radius 1 is 1.17 bits per heavy atom. The molecule has 0 fully saturated rings. The molecule has 0 radical (unpaired) electrons. The minimum absolute atomic E-state index is 0.106. The van der Waals surface area contributed by atoms with Crippen LogP contribution in [0.5, 0.6) is 0 Å². The minimum Gasteiger partial charge on any atom is -0.326 e. The second kappa shape index (κ2) is 8.76. The van der Waals surface area contributed by atoms with Crippen molar-refractivity contribution in [3.05, 3.63) is 64.7 Å². The van der Waals surface area contributed by atoms with Crippen molar-refractivity contribution in [1.29, 1.82) is 0 Å². The number of carbonyl (C=O) groups excluding carboxylic acids is 1. The normalized spacial score (nSPS) is 11.7. The Morgan fingerprint density at radius 2 is 1.90 bits per heavy atom. The van der Waals surface area contributed by atoms with Gasteiger partial charge in [0.2, 0.25) is 15.9 Å². The number of nitrogens with one attached hydrogen (secondary N) is 1. The van der Waals surface area contributed by atoms with Crippen LogP contribution < -0.4 is 10.9 Å². The fraction of sp³-hybridized carbons (Fsp3) is 0.286. The van der Waals surface area contributed by atoms with Crippen LogP contribution in [0.1, 0.15) is 18.4 Å². The van der Waals surface area contributed by atoms with Crippen molar-refractivity contribution in [2.45, 2.75) is 31.2 Å². The Bertz CT molecular complexity index is 1250. The first-order valence-electron chi connectivity index (χ1n) is 9.47. The smallest absolute Gasteiger partial charge is 0.261 e. The van der Waals surface area contributed by atoms with E-state index in [2.05, 4.69) is 10.3 Å². The lowest BCUT2D eigenvalue weighted by Crippen LogP contribution is -2.23. The molecule has 0 spiro atoms.